The van der Waals surface area contributed by atoms with Crippen LogP contribution in [-0.2, 0) is 9.59 Å². The second-order valence-corrected chi connectivity index (χ2v) is 4.60. The fourth-order valence-electron chi connectivity index (χ4n) is 2.32. The molecular weight excluding hydrogens is 294 g/mol. The first-order valence-electron chi connectivity index (χ1n) is 6.03. The van der Waals surface area contributed by atoms with Crippen molar-refractivity contribution in [2.24, 2.45) is 11.8 Å². The maximum atomic E-state index is 10.1. The van der Waals surface area contributed by atoms with E-state index < -0.39 is 11.9 Å². The molecule has 0 amide bonds. The third-order valence-electron chi connectivity index (χ3n) is 3.38. The topological polar surface area (TPSA) is 110 Å². The van der Waals surface area contributed by atoms with E-state index in [9.17, 15) is 19.8 Å². The SMILES string of the molecule is O=C([O-])C1CCCC1.O=C([O-])C1CCCC1.[Ga+3].[OH-]. The summed E-state index contributed by atoms with van der Waals surface area (Å²) in [5, 5.41) is 20.2. The van der Waals surface area contributed by atoms with E-state index in [1.54, 1.807) is 0 Å². The average Bonchev–Trinajstić information content (AvgIpc) is 2.93. The van der Waals surface area contributed by atoms with E-state index in [1.165, 1.54) is 0 Å². The zero-order valence-corrected chi connectivity index (χ0v) is 12.9. The number of carboxylic acid groups (broad SMARTS) is 2. The van der Waals surface area contributed by atoms with Gasteiger partial charge < -0.3 is 25.3 Å². The third-order valence-corrected chi connectivity index (χ3v) is 3.38. The number of carbonyl (C=O) groups excluding carboxylic acids is 2. The smallest absolute Gasteiger partial charge is 0.870 e. The van der Waals surface area contributed by atoms with Gasteiger partial charge in [-0.05, 0) is 37.5 Å². The Hall–Kier alpha value is -0.464. The van der Waals surface area contributed by atoms with Gasteiger partial charge in [-0.2, -0.15) is 0 Å². The summed E-state index contributed by atoms with van der Waals surface area (Å²) in [5.74, 6) is -1.98. The summed E-state index contributed by atoms with van der Waals surface area (Å²) in [4.78, 5) is 20.2. The Morgan fingerprint density at radius 3 is 1.06 bits per heavy atom. The molecule has 0 spiro atoms. The molecule has 2 aliphatic carbocycles. The van der Waals surface area contributed by atoms with Gasteiger partial charge in [0.2, 0.25) is 0 Å². The van der Waals surface area contributed by atoms with Crippen LogP contribution in [0.1, 0.15) is 51.4 Å². The van der Waals surface area contributed by atoms with Gasteiger partial charge in [0.05, 0.1) is 0 Å². The van der Waals surface area contributed by atoms with E-state index in [1.807, 2.05) is 0 Å². The van der Waals surface area contributed by atoms with Crippen LogP contribution in [0.15, 0.2) is 0 Å². The fraction of sp³-hybridized carbons (Fsp3) is 0.833. The molecule has 18 heavy (non-hydrogen) atoms. The van der Waals surface area contributed by atoms with E-state index in [4.69, 9.17) is 0 Å². The number of hydrogen-bond donors (Lipinski definition) is 0. The Morgan fingerprint density at radius 1 is 0.722 bits per heavy atom. The van der Waals surface area contributed by atoms with Crippen LogP contribution in [0.4, 0.5) is 0 Å². The maximum Gasteiger partial charge on any atom is 3.00 e. The fourth-order valence-corrected chi connectivity index (χ4v) is 2.32. The van der Waals surface area contributed by atoms with Crippen molar-refractivity contribution in [3.8, 4) is 0 Å². The molecule has 6 heteroatoms. The third kappa shape index (κ3) is 7.08. The Labute approximate surface area is 120 Å². The molecule has 2 fully saturated rings. The van der Waals surface area contributed by atoms with Crippen LogP contribution in [0.5, 0.6) is 0 Å². The molecule has 2 aliphatic rings. The van der Waals surface area contributed by atoms with E-state index >= 15 is 0 Å². The maximum absolute atomic E-state index is 10.1. The molecule has 2 rings (SSSR count). The van der Waals surface area contributed by atoms with E-state index in [2.05, 4.69) is 0 Å². The first-order chi connectivity index (χ1) is 7.61. The molecule has 0 radical (unpaired) electrons. The molecule has 0 heterocycles. The van der Waals surface area contributed by atoms with Gasteiger partial charge in [0, 0.05) is 11.9 Å². The zero-order chi connectivity index (χ0) is 12.0. The quantitative estimate of drug-likeness (QED) is 0.626. The van der Waals surface area contributed by atoms with Gasteiger partial charge in [-0.15, -0.1) is 0 Å². The Bertz CT molecular complexity index is 219. The number of carbonyl (C=O) groups is 2. The molecule has 0 atom stereocenters. The van der Waals surface area contributed by atoms with Crippen LogP contribution >= 0.6 is 0 Å². The van der Waals surface area contributed by atoms with E-state index in [-0.39, 0.29) is 37.1 Å². The normalized spacial score (nSPS) is 19.1. The molecule has 0 aromatic carbocycles. The summed E-state index contributed by atoms with van der Waals surface area (Å²) in [6.45, 7) is 0. The van der Waals surface area contributed by atoms with Crippen molar-refractivity contribution in [1.29, 1.82) is 0 Å². The van der Waals surface area contributed by atoms with Crippen molar-refractivity contribution >= 4 is 31.7 Å². The monoisotopic (exact) mass is 312 g/mol. The van der Waals surface area contributed by atoms with Gasteiger partial charge in [-0.3, -0.25) is 0 Å². The minimum atomic E-state index is -0.859. The van der Waals surface area contributed by atoms with Gasteiger partial charge in [0.1, 0.15) is 0 Å². The molecule has 0 unspecified atom stereocenters. The predicted molar refractivity (Wildman–Crippen MR) is 61.6 cm³/mol. The summed E-state index contributed by atoms with van der Waals surface area (Å²) >= 11 is 0. The zero-order valence-electron chi connectivity index (χ0n) is 10.5. The second-order valence-electron chi connectivity index (χ2n) is 4.60. The van der Waals surface area contributed by atoms with Crippen molar-refractivity contribution in [1.82, 2.24) is 0 Å². The van der Waals surface area contributed by atoms with Crippen LogP contribution in [0.2, 0.25) is 0 Å². The molecule has 2 saturated carbocycles. The van der Waals surface area contributed by atoms with E-state index in [0.29, 0.717) is 0 Å². The summed E-state index contributed by atoms with van der Waals surface area (Å²) in [7, 11) is 0. The molecule has 100 valence electrons. The average molecular weight is 313 g/mol. The minimum Gasteiger partial charge on any atom is -0.870 e. The number of hydrogen-bond acceptors (Lipinski definition) is 5. The number of aliphatic carboxylic acids is 2. The molecule has 0 aliphatic heterocycles. The Morgan fingerprint density at radius 2 is 0.944 bits per heavy atom. The summed E-state index contributed by atoms with van der Waals surface area (Å²) in [6.07, 6.45) is 7.61. The number of rotatable bonds is 2. The second kappa shape index (κ2) is 10.5. The summed E-state index contributed by atoms with van der Waals surface area (Å²) in [5.41, 5.74) is 0. The molecule has 0 aromatic rings. The molecule has 5 nitrogen and oxygen atoms in total. The summed E-state index contributed by atoms with van der Waals surface area (Å²) in [6, 6.07) is 0. The Kier molecular flexibility index (Phi) is 11.5. The van der Waals surface area contributed by atoms with Crippen molar-refractivity contribution in [2.75, 3.05) is 0 Å². The van der Waals surface area contributed by atoms with Crippen LogP contribution in [0.3, 0.4) is 0 Å². The number of carboxylic acids is 2. The van der Waals surface area contributed by atoms with Gasteiger partial charge in [0.25, 0.3) is 0 Å². The molecular formula is C12H19GaO5. The first-order valence-corrected chi connectivity index (χ1v) is 6.03. The van der Waals surface area contributed by atoms with Crippen molar-refractivity contribution in [3.05, 3.63) is 0 Å². The van der Waals surface area contributed by atoms with Gasteiger partial charge in [-0.25, -0.2) is 0 Å². The Balaban J connectivity index is 0. The molecule has 1 N–H and O–H groups in total. The minimum absolute atomic E-state index is 0. The van der Waals surface area contributed by atoms with Crippen LogP contribution in [-0.4, -0.2) is 37.2 Å². The molecule has 0 bridgehead atoms. The first kappa shape index (κ1) is 19.9. The van der Waals surface area contributed by atoms with Crippen molar-refractivity contribution in [2.45, 2.75) is 51.4 Å². The van der Waals surface area contributed by atoms with Crippen molar-refractivity contribution < 1.29 is 25.3 Å². The van der Waals surface area contributed by atoms with Gasteiger partial charge in [-0.1, -0.05) is 25.7 Å². The standard InChI is InChI=1S/2C6H10O2.Ga.H2O/c2*7-6(8)5-3-1-2-4-5;;/h2*5H,1-4H2,(H,7,8);;1H2/q;;+3;/p-3. The van der Waals surface area contributed by atoms with Gasteiger partial charge in [0.15, 0.2) is 0 Å². The molecule has 0 aromatic heterocycles. The van der Waals surface area contributed by atoms with Gasteiger partial charge >= 0.3 is 19.8 Å². The predicted octanol–water partition coefficient (Wildman–Crippen LogP) is -0.705. The van der Waals surface area contributed by atoms with E-state index in [0.717, 1.165) is 51.4 Å². The van der Waals surface area contributed by atoms with Crippen LogP contribution in [0, 0.1) is 11.8 Å². The van der Waals surface area contributed by atoms with Crippen LogP contribution in [0.25, 0.3) is 0 Å². The van der Waals surface area contributed by atoms with Crippen LogP contribution < -0.4 is 10.2 Å². The largest absolute Gasteiger partial charge is 3.00 e. The van der Waals surface area contributed by atoms with Crippen molar-refractivity contribution in [3.63, 3.8) is 0 Å². The molecule has 0 saturated heterocycles. The summed E-state index contributed by atoms with van der Waals surface area (Å²) < 4.78 is 0.